The molecule has 0 fully saturated rings. The molecule has 1 aliphatic heterocycles. The lowest BCUT2D eigenvalue weighted by Gasteiger charge is -2.22. The van der Waals surface area contributed by atoms with Gasteiger partial charge in [0.25, 0.3) is 5.91 Å². The van der Waals surface area contributed by atoms with Crippen LogP contribution in [0.5, 0.6) is 0 Å². The van der Waals surface area contributed by atoms with E-state index in [1.165, 1.54) is 30.3 Å². The fraction of sp³-hybridized carbons (Fsp3) is 0.308. The lowest BCUT2D eigenvalue weighted by molar-refractivity contribution is -0.123. The van der Waals surface area contributed by atoms with Gasteiger partial charge in [0, 0.05) is 23.7 Å². The van der Waals surface area contributed by atoms with Gasteiger partial charge in [-0.25, -0.2) is 16.1 Å². The first-order chi connectivity index (χ1) is 19.2. The highest BCUT2D eigenvalue weighted by atomic mass is 35.5. The van der Waals surface area contributed by atoms with E-state index in [2.05, 4.69) is 31.4 Å². The van der Waals surface area contributed by atoms with Crippen LogP contribution in [0.25, 0.3) is 0 Å². The van der Waals surface area contributed by atoms with Crippen LogP contribution >= 0.6 is 11.6 Å². The van der Waals surface area contributed by atoms with Crippen LogP contribution < -0.4 is 43.4 Å². The summed E-state index contributed by atoms with van der Waals surface area (Å²) in [5.74, 6) is 10.2. The maximum Gasteiger partial charge on any atom is 0.411 e. The Morgan fingerprint density at radius 1 is 1.18 bits per heavy atom. The van der Waals surface area contributed by atoms with Crippen molar-refractivity contribution in [2.24, 2.45) is 11.7 Å². The Labute approximate surface area is 236 Å². The molecule has 2 aromatic rings. The number of rotatable bonds is 8. The highest BCUT2D eigenvalue weighted by molar-refractivity contribution is 6.30. The quantitative estimate of drug-likeness (QED) is 0.107. The molecular weight excluding hydrogens is 540 g/mol. The Kier molecular flexibility index (Phi) is 11.3. The third-order valence-corrected chi connectivity index (χ3v) is 6.21. The first kappa shape index (κ1) is 30.4. The van der Waals surface area contributed by atoms with Gasteiger partial charge in [-0.2, -0.15) is 0 Å². The molecule has 0 aromatic heterocycles. The number of hydrogen-bond donors (Lipinski definition) is 7. The van der Waals surface area contributed by atoms with E-state index < -0.39 is 18.0 Å². The molecule has 0 bridgehead atoms. The molecule has 0 saturated carbocycles. The lowest BCUT2D eigenvalue weighted by Crippen LogP contribution is -2.47. The zero-order valence-corrected chi connectivity index (χ0v) is 22.7. The smallest absolute Gasteiger partial charge is 0.411 e. The van der Waals surface area contributed by atoms with E-state index in [0.29, 0.717) is 29.2 Å². The average Bonchev–Trinajstić information content (AvgIpc) is 2.91. The summed E-state index contributed by atoms with van der Waals surface area (Å²) >= 11 is 6.16. The zero-order chi connectivity index (χ0) is 29.1. The third-order valence-electron chi connectivity index (χ3n) is 5.97. The number of nitrogens with zero attached hydrogens (tertiary/aromatic N) is 1. The molecule has 1 atom stereocenters. The van der Waals surface area contributed by atoms with Crippen LogP contribution in [-0.2, 0) is 20.7 Å². The molecule has 9 N–H and O–H groups in total. The van der Waals surface area contributed by atoms with Gasteiger partial charge >= 0.3 is 6.09 Å². The summed E-state index contributed by atoms with van der Waals surface area (Å²) in [6, 6.07) is 8.73. The molecular formula is C26H33ClN8O5. The second-order valence-corrected chi connectivity index (χ2v) is 9.28. The van der Waals surface area contributed by atoms with Gasteiger partial charge in [0.15, 0.2) is 0 Å². The predicted octanol–water partition coefficient (Wildman–Crippen LogP) is 1.76. The molecule has 0 radical (unpaired) electrons. The van der Waals surface area contributed by atoms with Crippen LogP contribution in [-0.4, -0.2) is 50.2 Å². The number of methoxy groups -OCH3 is 1. The molecule has 3 rings (SSSR count). The van der Waals surface area contributed by atoms with Gasteiger partial charge in [-0.05, 0) is 61.2 Å². The largest absolute Gasteiger partial charge is 0.453 e. The molecule has 1 unspecified atom stereocenters. The van der Waals surface area contributed by atoms with E-state index in [0.717, 1.165) is 5.56 Å². The van der Waals surface area contributed by atoms with Crippen molar-refractivity contribution in [3.05, 3.63) is 64.7 Å². The van der Waals surface area contributed by atoms with E-state index in [1.807, 2.05) is 0 Å². The Morgan fingerprint density at radius 3 is 2.73 bits per heavy atom. The summed E-state index contributed by atoms with van der Waals surface area (Å²) in [5, 5.41) is 12.7. The molecule has 0 saturated heterocycles. The number of ether oxygens (including phenoxy) is 1. The number of anilines is 3. The molecule has 214 valence electrons. The number of carbonyl (C=O) groups excluding carboxylic acids is 4. The SMILES string of the molecule is COC(=O)Nc1ccc2c(c1)NC(=O)CC/C=C\CC(C(=O)NCCc1cc(Cl)ccc1N(N)CNN)NC2=O. The molecule has 1 heterocycles. The first-order valence-electron chi connectivity index (χ1n) is 12.5. The third kappa shape index (κ3) is 8.68. The van der Waals surface area contributed by atoms with Crippen molar-refractivity contribution in [2.45, 2.75) is 31.7 Å². The fourth-order valence-electron chi connectivity index (χ4n) is 4.00. The van der Waals surface area contributed by atoms with Crippen LogP contribution in [0.4, 0.5) is 21.9 Å². The topological polar surface area (TPSA) is 193 Å². The second kappa shape index (κ2) is 14.8. The highest BCUT2D eigenvalue weighted by Crippen LogP contribution is 2.24. The molecule has 0 spiro atoms. The molecule has 2 aromatic carbocycles. The van der Waals surface area contributed by atoms with Crippen LogP contribution in [0, 0.1) is 0 Å². The molecule has 0 aliphatic carbocycles. The minimum absolute atomic E-state index is 0.131. The summed E-state index contributed by atoms with van der Waals surface area (Å²) in [7, 11) is 1.22. The maximum atomic E-state index is 13.2. The van der Waals surface area contributed by atoms with Crippen molar-refractivity contribution in [3.8, 4) is 0 Å². The summed E-state index contributed by atoms with van der Waals surface area (Å²) in [5.41, 5.74) is 4.62. The second-order valence-electron chi connectivity index (χ2n) is 8.84. The minimum Gasteiger partial charge on any atom is -0.453 e. The molecule has 14 heteroatoms. The van der Waals surface area contributed by atoms with Gasteiger partial charge < -0.3 is 20.7 Å². The van der Waals surface area contributed by atoms with Crippen molar-refractivity contribution < 1.29 is 23.9 Å². The van der Waals surface area contributed by atoms with Crippen molar-refractivity contribution in [1.29, 1.82) is 0 Å². The Hall–Kier alpha value is -4.17. The van der Waals surface area contributed by atoms with Gasteiger partial charge in [0.05, 0.1) is 30.7 Å². The number of carbonyl (C=O) groups is 4. The van der Waals surface area contributed by atoms with Gasteiger partial charge in [0.2, 0.25) is 11.8 Å². The molecule has 40 heavy (non-hydrogen) atoms. The maximum absolute atomic E-state index is 13.2. The Morgan fingerprint density at radius 2 is 1.98 bits per heavy atom. The fourth-order valence-corrected chi connectivity index (χ4v) is 4.19. The van der Waals surface area contributed by atoms with Gasteiger partial charge in [-0.1, -0.05) is 23.8 Å². The summed E-state index contributed by atoms with van der Waals surface area (Å²) in [6.07, 6.45) is 4.08. The normalized spacial score (nSPS) is 16.2. The number of nitrogens with two attached hydrogens (primary N) is 2. The van der Waals surface area contributed by atoms with E-state index in [-0.39, 0.29) is 49.1 Å². The number of benzene rings is 2. The van der Waals surface area contributed by atoms with E-state index in [1.54, 1.807) is 30.4 Å². The number of fused-ring (bicyclic) bond motifs is 1. The summed E-state index contributed by atoms with van der Waals surface area (Å²) in [4.78, 5) is 50.4. The number of hydrogen-bond acceptors (Lipinski definition) is 9. The number of amides is 4. The van der Waals surface area contributed by atoms with Crippen molar-refractivity contribution in [2.75, 3.05) is 36.0 Å². The molecule has 13 nitrogen and oxygen atoms in total. The monoisotopic (exact) mass is 572 g/mol. The molecule has 1 aliphatic rings. The van der Waals surface area contributed by atoms with Crippen molar-refractivity contribution in [3.63, 3.8) is 0 Å². The Balaban J connectivity index is 1.75. The van der Waals surface area contributed by atoms with Gasteiger partial charge in [-0.3, -0.25) is 30.6 Å². The van der Waals surface area contributed by atoms with E-state index in [4.69, 9.17) is 23.3 Å². The number of nitrogens with one attached hydrogen (secondary N) is 5. The van der Waals surface area contributed by atoms with Gasteiger partial charge in [0.1, 0.15) is 6.04 Å². The first-order valence-corrected chi connectivity index (χ1v) is 12.9. The van der Waals surface area contributed by atoms with E-state index >= 15 is 0 Å². The standard InChI is InChI=1S/C26H33ClN8O5/c1-40-26(39)32-18-8-9-19-21(14-18)33-23(36)6-4-2-3-5-20(34-24(19)37)25(38)30-12-11-16-13-17(27)7-10-22(16)35(29)15-31-28/h2-3,7-10,13-14,20,31H,4-6,11-12,15,28-29H2,1H3,(H,30,38)(H,32,39)(H,33,36)(H,34,37)/b3-2-. The minimum atomic E-state index is -0.883. The van der Waals surface area contributed by atoms with E-state index in [9.17, 15) is 19.2 Å². The number of hydrazine groups is 2. The van der Waals surface area contributed by atoms with Gasteiger partial charge in [-0.15, -0.1) is 0 Å². The molecule has 4 amide bonds. The van der Waals surface area contributed by atoms with Crippen LogP contribution in [0.2, 0.25) is 5.02 Å². The van der Waals surface area contributed by atoms with Crippen LogP contribution in [0.3, 0.4) is 0 Å². The van der Waals surface area contributed by atoms with Crippen LogP contribution in [0.15, 0.2) is 48.6 Å². The number of halogens is 1. The zero-order valence-electron chi connectivity index (χ0n) is 22.0. The van der Waals surface area contributed by atoms with Crippen molar-refractivity contribution >= 4 is 52.5 Å². The van der Waals surface area contributed by atoms with Crippen LogP contribution in [0.1, 0.15) is 35.2 Å². The summed E-state index contributed by atoms with van der Waals surface area (Å²) in [6.45, 7) is 0.449. The highest BCUT2D eigenvalue weighted by Gasteiger charge is 2.23. The van der Waals surface area contributed by atoms with Crippen molar-refractivity contribution in [1.82, 2.24) is 16.1 Å². The summed E-state index contributed by atoms with van der Waals surface area (Å²) < 4.78 is 4.60. The number of allylic oxidation sites excluding steroid dienone is 1. The Bertz CT molecular complexity index is 1270. The predicted molar refractivity (Wildman–Crippen MR) is 152 cm³/mol. The lowest BCUT2D eigenvalue weighted by atomic mass is 10.1. The average molecular weight is 573 g/mol.